The maximum absolute atomic E-state index is 12.9. The first kappa shape index (κ1) is 16.6. The van der Waals surface area contributed by atoms with Gasteiger partial charge in [-0.3, -0.25) is 10.1 Å². The number of alkyl halides is 3. The zero-order chi connectivity index (χ0) is 16.4. The number of nitrogens with zero attached hydrogens (tertiary/aromatic N) is 1. The van der Waals surface area contributed by atoms with Crippen molar-refractivity contribution in [3.05, 3.63) is 23.3 Å². The van der Waals surface area contributed by atoms with E-state index in [1.807, 2.05) is 0 Å². The number of amides is 3. The van der Waals surface area contributed by atoms with Gasteiger partial charge in [-0.1, -0.05) is 0 Å². The summed E-state index contributed by atoms with van der Waals surface area (Å²) >= 11 is 0. The van der Waals surface area contributed by atoms with Crippen LogP contribution in [0.15, 0.2) is 12.1 Å². The number of halogens is 3. The van der Waals surface area contributed by atoms with Gasteiger partial charge in [-0.05, 0) is 12.1 Å². The minimum atomic E-state index is -4.85. The topological polar surface area (TPSA) is 78.9 Å². The quantitative estimate of drug-likeness (QED) is 0.873. The predicted molar refractivity (Wildman–Crippen MR) is 66.2 cm³/mol. The summed E-state index contributed by atoms with van der Waals surface area (Å²) in [6, 6.07) is 0.202. The maximum atomic E-state index is 12.9. The number of ether oxygens (including phenoxy) is 1. The van der Waals surface area contributed by atoms with E-state index < -0.39 is 40.7 Å². The third kappa shape index (κ3) is 3.77. The van der Waals surface area contributed by atoms with Crippen molar-refractivity contribution in [3.8, 4) is 11.5 Å². The Kier molecular flexibility index (Phi) is 4.66. The number of carbonyl (C=O) groups is 2. The summed E-state index contributed by atoms with van der Waals surface area (Å²) in [6.45, 7) is 0. The van der Waals surface area contributed by atoms with E-state index in [1.54, 1.807) is 5.32 Å². The van der Waals surface area contributed by atoms with E-state index in [0.29, 0.717) is 12.1 Å². The van der Waals surface area contributed by atoms with Crippen molar-refractivity contribution in [1.82, 2.24) is 10.2 Å². The van der Waals surface area contributed by atoms with Crippen LogP contribution in [0.3, 0.4) is 0 Å². The summed E-state index contributed by atoms with van der Waals surface area (Å²) in [5.41, 5.74) is -2.20. The molecule has 0 saturated heterocycles. The Morgan fingerprint density at radius 3 is 2.29 bits per heavy atom. The van der Waals surface area contributed by atoms with E-state index >= 15 is 0 Å². The summed E-state index contributed by atoms with van der Waals surface area (Å²) in [6.07, 6.45) is -4.85. The van der Waals surface area contributed by atoms with Gasteiger partial charge in [0.25, 0.3) is 5.91 Å². The monoisotopic (exact) mass is 306 g/mol. The number of methoxy groups -OCH3 is 1. The van der Waals surface area contributed by atoms with Gasteiger partial charge in [-0.15, -0.1) is 0 Å². The zero-order valence-electron chi connectivity index (χ0n) is 11.4. The van der Waals surface area contributed by atoms with Crippen LogP contribution in [0.5, 0.6) is 11.5 Å². The second kappa shape index (κ2) is 5.90. The van der Waals surface area contributed by atoms with Gasteiger partial charge in [0.2, 0.25) is 0 Å². The smallest absolute Gasteiger partial charge is 0.417 e. The molecule has 2 N–H and O–H groups in total. The van der Waals surface area contributed by atoms with Crippen LogP contribution in [-0.2, 0) is 6.18 Å². The molecular formula is C12H13F3N2O4. The van der Waals surface area contributed by atoms with Crippen molar-refractivity contribution in [1.29, 1.82) is 0 Å². The molecule has 1 aromatic carbocycles. The number of hydrogen-bond acceptors (Lipinski definition) is 4. The molecule has 0 fully saturated rings. The molecule has 0 radical (unpaired) electrons. The third-order valence-electron chi connectivity index (χ3n) is 2.50. The number of nitrogens with one attached hydrogen (secondary N) is 1. The fourth-order valence-electron chi connectivity index (χ4n) is 1.43. The van der Waals surface area contributed by atoms with Crippen LogP contribution in [0.25, 0.3) is 0 Å². The molecule has 0 spiro atoms. The van der Waals surface area contributed by atoms with Gasteiger partial charge in [-0.25, -0.2) is 4.79 Å². The zero-order valence-corrected chi connectivity index (χ0v) is 11.4. The number of rotatable bonds is 2. The summed E-state index contributed by atoms with van der Waals surface area (Å²) in [7, 11) is 3.71. The third-order valence-corrected chi connectivity index (χ3v) is 2.50. The van der Waals surface area contributed by atoms with E-state index in [0.717, 1.165) is 12.0 Å². The molecular weight excluding hydrogens is 293 g/mol. The number of phenols is 1. The highest BCUT2D eigenvalue weighted by molar-refractivity contribution is 6.05. The lowest BCUT2D eigenvalue weighted by molar-refractivity contribution is -0.138. The van der Waals surface area contributed by atoms with Crippen molar-refractivity contribution in [2.45, 2.75) is 6.18 Å². The molecule has 0 atom stereocenters. The number of hydrogen-bond donors (Lipinski definition) is 2. The molecule has 0 aliphatic carbocycles. The van der Waals surface area contributed by atoms with Crippen molar-refractivity contribution in [2.24, 2.45) is 0 Å². The number of urea groups is 1. The fourth-order valence-corrected chi connectivity index (χ4v) is 1.43. The second-order valence-corrected chi connectivity index (χ2v) is 4.22. The minimum Gasteiger partial charge on any atom is -0.504 e. The molecule has 0 aromatic heterocycles. The Labute approximate surface area is 118 Å². The number of imide groups is 1. The Morgan fingerprint density at radius 2 is 1.86 bits per heavy atom. The van der Waals surface area contributed by atoms with Gasteiger partial charge in [-0.2, -0.15) is 13.2 Å². The first-order valence-electron chi connectivity index (χ1n) is 5.58. The number of phenolic OH excluding ortho intramolecular Hbond substituents is 1. The van der Waals surface area contributed by atoms with Crippen LogP contribution in [0.4, 0.5) is 18.0 Å². The van der Waals surface area contributed by atoms with Crippen molar-refractivity contribution < 1.29 is 32.6 Å². The molecule has 1 aromatic rings. The normalized spacial score (nSPS) is 11.0. The van der Waals surface area contributed by atoms with Gasteiger partial charge in [0.15, 0.2) is 11.5 Å². The van der Waals surface area contributed by atoms with Crippen LogP contribution in [0.1, 0.15) is 15.9 Å². The second-order valence-electron chi connectivity index (χ2n) is 4.22. The highest BCUT2D eigenvalue weighted by Crippen LogP contribution is 2.38. The highest BCUT2D eigenvalue weighted by atomic mass is 19.4. The largest absolute Gasteiger partial charge is 0.504 e. The lowest BCUT2D eigenvalue weighted by Crippen LogP contribution is -2.39. The maximum Gasteiger partial charge on any atom is 0.417 e. The first-order chi connectivity index (χ1) is 9.57. The predicted octanol–water partition coefficient (Wildman–Crippen LogP) is 1.83. The molecule has 0 heterocycles. The number of carbonyl (C=O) groups excluding carboxylic acids is 2. The highest BCUT2D eigenvalue weighted by Gasteiger charge is 2.37. The number of aromatic hydroxyl groups is 1. The van der Waals surface area contributed by atoms with E-state index in [1.165, 1.54) is 14.1 Å². The van der Waals surface area contributed by atoms with E-state index in [9.17, 15) is 27.9 Å². The molecule has 21 heavy (non-hydrogen) atoms. The van der Waals surface area contributed by atoms with E-state index in [2.05, 4.69) is 4.74 Å². The van der Waals surface area contributed by atoms with Crippen molar-refractivity contribution in [3.63, 3.8) is 0 Å². The van der Waals surface area contributed by atoms with Crippen LogP contribution in [0.2, 0.25) is 0 Å². The van der Waals surface area contributed by atoms with Crippen LogP contribution >= 0.6 is 0 Å². The summed E-state index contributed by atoms with van der Waals surface area (Å²) < 4.78 is 43.4. The Hall–Kier alpha value is -2.45. The van der Waals surface area contributed by atoms with E-state index in [4.69, 9.17) is 0 Å². The molecule has 0 aliphatic rings. The molecule has 1 rings (SSSR count). The fraction of sp³-hybridized carbons (Fsp3) is 0.333. The van der Waals surface area contributed by atoms with Gasteiger partial charge in [0, 0.05) is 14.1 Å². The first-order valence-corrected chi connectivity index (χ1v) is 5.58. The lowest BCUT2D eigenvalue weighted by Gasteiger charge is -2.16. The lowest BCUT2D eigenvalue weighted by atomic mass is 10.0. The Balaban J connectivity index is 3.31. The molecule has 116 valence electrons. The van der Waals surface area contributed by atoms with Gasteiger partial charge in [0.1, 0.15) is 0 Å². The van der Waals surface area contributed by atoms with Gasteiger partial charge < -0.3 is 14.7 Å². The molecule has 3 amide bonds. The molecule has 0 saturated carbocycles. The molecule has 0 unspecified atom stereocenters. The average Bonchev–Trinajstić information content (AvgIpc) is 2.36. The van der Waals surface area contributed by atoms with E-state index in [-0.39, 0.29) is 0 Å². The SMILES string of the molecule is COc1cc(C(F)(F)F)c(C(=O)NC(=O)N(C)C)cc1O. The Morgan fingerprint density at radius 1 is 1.29 bits per heavy atom. The Bertz CT molecular complexity index is 570. The van der Waals surface area contributed by atoms with Crippen LogP contribution in [-0.4, -0.2) is 43.1 Å². The van der Waals surface area contributed by atoms with Crippen molar-refractivity contribution in [2.75, 3.05) is 21.2 Å². The number of benzene rings is 1. The van der Waals surface area contributed by atoms with Crippen molar-refractivity contribution >= 4 is 11.9 Å². The summed E-state index contributed by atoms with van der Waals surface area (Å²) in [5, 5.41) is 11.3. The average molecular weight is 306 g/mol. The molecule has 9 heteroatoms. The molecule has 6 nitrogen and oxygen atoms in total. The molecule has 0 aliphatic heterocycles. The standard InChI is InChI=1S/C12H13F3N2O4/c1-17(2)11(20)16-10(19)6-4-8(18)9(21-3)5-7(6)12(13,14)15/h4-5,18H,1-3H3,(H,16,19,20). The van der Waals surface area contributed by atoms with Gasteiger partial charge in [0.05, 0.1) is 18.2 Å². The minimum absolute atomic E-state index is 0.433. The summed E-state index contributed by atoms with van der Waals surface area (Å²) in [4.78, 5) is 24.1. The molecule has 0 bridgehead atoms. The van der Waals surface area contributed by atoms with Gasteiger partial charge >= 0.3 is 12.2 Å². The van der Waals surface area contributed by atoms with Crippen LogP contribution in [0, 0.1) is 0 Å². The van der Waals surface area contributed by atoms with Crippen LogP contribution < -0.4 is 10.1 Å². The summed E-state index contributed by atoms with van der Waals surface area (Å²) in [5.74, 6) is -2.36.